The fourth-order valence-corrected chi connectivity index (χ4v) is 2.29. The number of carbonyl (C=O) groups excluding carboxylic acids is 1. The zero-order valence-electron chi connectivity index (χ0n) is 11.5. The van der Waals surface area contributed by atoms with E-state index in [1.54, 1.807) is 0 Å². The first kappa shape index (κ1) is 14.3. The number of amides is 1. The maximum Gasteiger partial charge on any atom is 0.335 e. The third-order valence-corrected chi connectivity index (χ3v) is 3.56. The summed E-state index contributed by atoms with van der Waals surface area (Å²) in [6.45, 7) is 2.64. The van der Waals surface area contributed by atoms with E-state index in [1.165, 1.54) is 25.3 Å². The predicted octanol–water partition coefficient (Wildman–Crippen LogP) is 1.47. The smallest absolute Gasteiger partial charge is 0.335 e. The van der Waals surface area contributed by atoms with Gasteiger partial charge in [-0.1, -0.05) is 0 Å². The third-order valence-electron chi connectivity index (χ3n) is 3.56. The molecular formula is C14H18N2O4. The van der Waals surface area contributed by atoms with Gasteiger partial charge in [0.1, 0.15) is 5.75 Å². The van der Waals surface area contributed by atoms with E-state index in [0.717, 1.165) is 19.4 Å². The summed E-state index contributed by atoms with van der Waals surface area (Å²) < 4.78 is 5.15. The van der Waals surface area contributed by atoms with E-state index in [1.807, 2.05) is 6.92 Å². The number of nitrogens with one attached hydrogen (secondary N) is 2. The molecule has 6 nitrogen and oxygen atoms in total. The summed E-state index contributed by atoms with van der Waals surface area (Å²) in [5, 5.41) is 14.9. The van der Waals surface area contributed by atoms with Crippen LogP contribution in [0.3, 0.4) is 0 Å². The first-order chi connectivity index (χ1) is 9.46. The molecular weight excluding hydrogens is 260 g/mol. The van der Waals surface area contributed by atoms with Gasteiger partial charge in [0.15, 0.2) is 0 Å². The first-order valence-corrected chi connectivity index (χ1v) is 6.44. The molecule has 108 valence electrons. The topological polar surface area (TPSA) is 87.7 Å². The van der Waals surface area contributed by atoms with Gasteiger partial charge in [-0.05, 0) is 44.5 Å². The number of rotatable bonds is 4. The van der Waals surface area contributed by atoms with Gasteiger partial charge in [-0.2, -0.15) is 0 Å². The van der Waals surface area contributed by atoms with Gasteiger partial charge in [-0.25, -0.2) is 4.79 Å². The minimum Gasteiger partial charge on any atom is -0.495 e. The lowest BCUT2D eigenvalue weighted by atomic mass is 9.99. The van der Waals surface area contributed by atoms with Crippen LogP contribution in [0.15, 0.2) is 18.2 Å². The van der Waals surface area contributed by atoms with Crippen molar-refractivity contribution in [3.8, 4) is 5.75 Å². The van der Waals surface area contributed by atoms with Crippen molar-refractivity contribution in [2.24, 2.45) is 0 Å². The number of carboxylic acid groups (broad SMARTS) is 1. The van der Waals surface area contributed by atoms with Crippen LogP contribution in [0.1, 0.15) is 30.1 Å². The quantitative estimate of drug-likeness (QED) is 0.776. The largest absolute Gasteiger partial charge is 0.495 e. The van der Waals surface area contributed by atoms with Crippen molar-refractivity contribution in [1.29, 1.82) is 0 Å². The summed E-state index contributed by atoms with van der Waals surface area (Å²) in [5.74, 6) is -0.797. The molecule has 1 aliphatic heterocycles. The average molecular weight is 278 g/mol. The zero-order valence-corrected chi connectivity index (χ0v) is 11.5. The predicted molar refractivity (Wildman–Crippen MR) is 74.2 cm³/mol. The van der Waals surface area contributed by atoms with Gasteiger partial charge >= 0.3 is 5.97 Å². The standard InChI is InChI=1S/C14H18N2O4/c1-14(6-3-7-15-14)13(19)16-10-8-9(12(17)18)4-5-11(10)20-2/h4-5,8,15H,3,6-7H2,1-2H3,(H,16,19)(H,17,18). The molecule has 20 heavy (non-hydrogen) atoms. The molecule has 0 bridgehead atoms. The van der Waals surface area contributed by atoms with Crippen LogP contribution < -0.4 is 15.4 Å². The summed E-state index contributed by atoms with van der Waals surface area (Å²) in [7, 11) is 1.47. The highest BCUT2D eigenvalue weighted by atomic mass is 16.5. The van der Waals surface area contributed by atoms with E-state index in [4.69, 9.17) is 9.84 Å². The Morgan fingerprint density at radius 1 is 1.45 bits per heavy atom. The normalized spacial score (nSPS) is 21.5. The van der Waals surface area contributed by atoms with Crippen molar-refractivity contribution in [1.82, 2.24) is 5.32 Å². The van der Waals surface area contributed by atoms with Crippen LogP contribution >= 0.6 is 0 Å². The zero-order chi connectivity index (χ0) is 14.8. The Kier molecular flexibility index (Phi) is 3.94. The molecule has 1 aromatic rings. The highest BCUT2D eigenvalue weighted by molar-refractivity contribution is 6.00. The number of hydrogen-bond acceptors (Lipinski definition) is 4. The summed E-state index contributed by atoms with van der Waals surface area (Å²) in [4.78, 5) is 23.3. The Morgan fingerprint density at radius 2 is 2.20 bits per heavy atom. The molecule has 1 unspecified atom stereocenters. The van der Waals surface area contributed by atoms with E-state index in [0.29, 0.717) is 11.4 Å². The Balaban J connectivity index is 2.25. The van der Waals surface area contributed by atoms with Crippen LogP contribution in [-0.4, -0.2) is 36.2 Å². The third kappa shape index (κ3) is 2.75. The molecule has 1 saturated heterocycles. The van der Waals surface area contributed by atoms with Crippen LogP contribution in [0.4, 0.5) is 5.69 Å². The van der Waals surface area contributed by atoms with Crippen LogP contribution in [0.2, 0.25) is 0 Å². The Bertz CT molecular complexity index is 536. The Hall–Kier alpha value is -2.08. The maximum atomic E-state index is 12.3. The molecule has 0 radical (unpaired) electrons. The molecule has 1 aromatic carbocycles. The van der Waals surface area contributed by atoms with E-state index in [-0.39, 0.29) is 11.5 Å². The number of aromatic carboxylic acids is 1. The number of carbonyl (C=O) groups is 2. The minimum absolute atomic E-state index is 0.102. The summed E-state index contributed by atoms with van der Waals surface area (Å²) >= 11 is 0. The first-order valence-electron chi connectivity index (χ1n) is 6.44. The molecule has 1 amide bonds. The molecule has 0 spiro atoms. The van der Waals surface area contributed by atoms with Gasteiger partial charge < -0.3 is 20.5 Å². The summed E-state index contributed by atoms with van der Waals surface area (Å²) in [5.41, 5.74) is -0.150. The van der Waals surface area contributed by atoms with E-state index in [2.05, 4.69) is 10.6 Å². The molecule has 0 aromatic heterocycles. The lowest BCUT2D eigenvalue weighted by Gasteiger charge is -2.23. The minimum atomic E-state index is -1.05. The number of anilines is 1. The van der Waals surface area contributed by atoms with Gasteiger partial charge in [-0.15, -0.1) is 0 Å². The van der Waals surface area contributed by atoms with Crippen molar-refractivity contribution in [3.05, 3.63) is 23.8 Å². The highest BCUT2D eigenvalue weighted by Gasteiger charge is 2.36. The Labute approximate surface area is 117 Å². The second kappa shape index (κ2) is 5.50. The van der Waals surface area contributed by atoms with Crippen LogP contribution in [0.5, 0.6) is 5.75 Å². The molecule has 1 fully saturated rings. The molecule has 2 rings (SSSR count). The molecule has 0 saturated carbocycles. The van der Waals surface area contributed by atoms with Crippen molar-refractivity contribution < 1.29 is 19.4 Å². The van der Waals surface area contributed by atoms with Gasteiger partial charge in [0.2, 0.25) is 5.91 Å². The SMILES string of the molecule is COc1ccc(C(=O)O)cc1NC(=O)C1(C)CCCN1. The molecule has 0 aliphatic carbocycles. The number of carboxylic acids is 1. The van der Waals surface area contributed by atoms with Crippen molar-refractivity contribution in [3.63, 3.8) is 0 Å². The lowest BCUT2D eigenvalue weighted by molar-refractivity contribution is -0.121. The number of ether oxygens (including phenoxy) is 1. The molecule has 1 aliphatic rings. The monoisotopic (exact) mass is 278 g/mol. The number of hydrogen-bond donors (Lipinski definition) is 3. The fraction of sp³-hybridized carbons (Fsp3) is 0.429. The lowest BCUT2D eigenvalue weighted by Crippen LogP contribution is -2.48. The second-order valence-corrected chi connectivity index (χ2v) is 5.04. The van der Waals surface area contributed by atoms with Crippen LogP contribution in [0.25, 0.3) is 0 Å². The number of methoxy groups -OCH3 is 1. The average Bonchev–Trinajstić information content (AvgIpc) is 2.87. The molecule has 1 heterocycles. The molecule has 1 atom stereocenters. The Morgan fingerprint density at radius 3 is 2.75 bits per heavy atom. The second-order valence-electron chi connectivity index (χ2n) is 5.04. The van der Waals surface area contributed by atoms with E-state index in [9.17, 15) is 9.59 Å². The fourth-order valence-electron chi connectivity index (χ4n) is 2.29. The van der Waals surface area contributed by atoms with E-state index >= 15 is 0 Å². The van der Waals surface area contributed by atoms with Crippen LogP contribution in [-0.2, 0) is 4.79 Å². The van der Waals surface area contributed by atoms with Crippen molar-refractivity contribution in [2.45, 2.75) is 25.3 Å². The summed E-state index contributed by atoms with van der Waals surface area (Å²) in [6, 6.07) is 4.37. The van der Waals surface area contributed by atoms with Gasteiger partial charge in [0.25, 0.3) is 0 Å². The van der Waals surface area contributed by atoms with Crippen molar-refractivity contribution >= 4 is 17.6 Å². The van der Waals surface area contributed by atoms with Gasteiger partial charge in [0, 0.05) is 0 Å². The maximum absolute atomic E-state index is 12.3. The van der Waals surface area contributed by atoms with E-state index < -0.39 is 11.5 Å². The molecule has 3 N–H and O–H groups in total. The highest BCUT2D eigenvalue weighted by Crippen LogP contribution is 2.28. The van der Waals surface area contributed by atoms with Crippen LogP contribution in [0, 0.1) is 0 Å². The molecule has 6 heteroatoms. The van der Waals surface area contributed by atoms with Gasteiger partial charge in [0.05, 0.1) is 23.9 Å². The summed E-state index contributed by atoms with van der Waals surface area (Å²) in [6.07, 6.45) is 1.69. The van der Waals surface area contributed by atoms with Crippen molar-refractivity contribution in [2.75, 3.05) is 19.0 Å². The number of benzene rings is 1. The van der Waals surface area contributed by atoms with Gasteiger partial charge in [-0.3, -0.25) is 4.79 Å².